The van der Waals surface area contributed by atoms with Gasteiger partial charge in [-0.2, -0.15) is 0 Å². The molecule has 1 N–H and O–H groups in total. The third-order valence-electron chi connectivity index (χ3n) is 4.46. The highest BCUT2D eigenvalue weighted by Gasteiger charge is 2.20. The standard InChI is InChI=1S/C22H30ClN3OS/c1-6-17-11-19(23)13-20(12-17)28-22(21(16(2)3)26(5)15-27)25(4)14-18-7-9-24-10-8-18/h7-13,16,27H,6,14-15H2,1-5H3/b22-21+. The number of hydrogen-bond donors (Lipinski definition) is 1. The minimum absolute atomic E-state index is 0.0313. The number of thioether (sulfide) groups is 1. The zero-order chi connectivity index (χ0) is 20.7. The summed E-state index contributed by atoms with van der Waals surface area (Å²) in [5, 5.41) is 11.7. The van der Waals surface area contributed by atoms with Crippen LogP contribution in [-0.2, 0) is 13.0 Å². The van der Waals surface area contributed by atoms with E-state index in [1.165, 1.54) is 11.1 Å². The monoisotopic (exact) mass is 419 g/mol. The molecule has 0 aliphatic carbocycles. The van der Waals surface area contributed by atoms with Gasteiger partial charge >= 0.3 is 0 Å². The summed E-state index contributed by atoms with van der Waals surface area (Å²) in [6.07, 6.45) is 4.56. The van der Waals surface area contributed by atoms with Crippen LogP contribution in [0.1, 0.15) is 31.9 Å². The zero-order valence-corrected chi connectivity index (χ0v) is 18.9. The number of rotatable bonds is 9. The molecule has 1 aromatic carbocycles. The number of nitrogens with zero attached hydrogens (tertiary/aromatic N) is 3. The number of benzene rings is 1. The molecule has 0 saturated heterocycles. The average molecular weight is 420 g/mol. The van der Waals surface area contributed by atoms with E-state index in [9.17, 15) is 5.11 Å². The molecule has 4 nitrogen and oxygen atoms in total. The molecule has 6 heteroatoms. The summed E-state index contributed by atoms with van der Waals surface area (Å²) >= 11 is 8.05. The fourth-order valence-electron chi connectivity index (χ4n) is 3.08. The van der Waals surface area contributed by atoms with Gasteiger partial charge in [0.2, 0.25) is 0 Å². The number of hydrogen-bond acceptors (Lipinski definition) is 5. The second-order valence-electron chi connectivity index (χ2n) is 7.15. The molecule has 0 aliphatic heterocycles. The Labute approximate surface area is 178 Å². The Balaban J connectivity index is 2.47. The molecule has 0 aliphatic rings. The summed E-state index contributed by atoms with van der Waals surface area (Å²) in [7, 11) is 4.01. The highest BCUT2D eigenvalue weighted by Crippen LogP contribution is 2.36. The zero-order valence-electron chi connectivity index (χ0n) is 17.3. The number of aryl methyl sites for hydroxylation is 1. The van der Waals surface area contributed by atoms with Gasteiger partial charge in [-0.15, -0.1) is 0 Å². The average Bonchev–Trinajstić information content (AvgIpc) is 2.67. The molecular formula is C22H30ClN3OS. The van der Waals surface area contributed by atoms with Gasteiger partial charge in [-0.1, -0.05) is 44.1 Å². The summed E-state index contributed by atoms with van der Waals surface area (Å²) < 4.78 is 0. The van der Waals surface area contributed by atoms with Crippen molar-refractivity contribution in [1.29, 1.82) is 0 Å². The summed E-state index contributed by atoms with van der Waals surface area (Å²) in [5.41, 5.74) is 3.50. The van der Waals surface area contributed by atoms with Crippen LogP contribution in [0.15, 0.2) is 58.3 Å². The van der Waals surface area contributed by atoms with Crippen molar-refractivity contribution in [2.24, 2.45) is 5.92 Å². The Morgan fingerprint density at radius 3 is 2.36 bits per heavy atom. The molecule has 2 rings (SSSR count). The Bertz CT molecular complexity index is 796. The molecule has 0 spiro atoms. The lowest BCUT2D eigenvalue weighted by molar-refractivity contribution is 0.150. The van der Waals surface area contributed by atoms with E-state index in [1.54, 1.807) is 11.8 Å². The van der Waals surface area contributed by atoms with E-state index in [4.69, 9.17) is 11.6 Å². The van der Waals surface area contributed by atoms with Gasteiger partial charge in [0, 0.05) is 48.6 Å². The van der Waals surface area contributed by atoms with Crippen molar-refractivity contribution in [3.05, 3.63) is 69.6 Å². The van der Waals surface area contributed by atoms with E-state index in [-0.39, 0.29) is 12.6 Å². The van der Waals surface area contributed by atoms with E-state index in [0.29, 0.717) is 0 Å². The van der Waals surface area contributed by atoms with Crippen molar-refractivity contribution in [2.75, 3.05) is 20.8 Å². The van der Waals surface area contributed by atoms with Crippen LogP contribution in [0, 0.1) is 5.92 Å². The quantitative estimate of drug-likeness (QED) is 0.445. The van der Waals surface area contributed by atoms with Gasteiger partial charge in [0.05, 0.1) is 5.03 Å². The molecule has 2 aromatic rings. The van der Waals surface area contributed by atoms with Gasteiger partial charge < -0.3 is 14.9 Å². The number of aliphatic hydroxyl groups is 1. The third-order valence-corrected chi connectivity index (χ3v) is 5.86. The van der Waals surface area contributed by atoms with Crippen molar-refractivity contribution >= 4 is 23.4 Å². The first-order valence-corrected chi connectivity index (χ1v) is 10.7. The fourth-order valence-corrected chi connectivity index (χ4v) is 4.74. The van der Waals surface area contributed by atoms with Gasteiger partial charge in [0.25, 0.3) is 0 Å². The van der Waals surface area contributed by atoms with E-state index >= 15 is 0 Å². The largest absolute Gasteiger partial charge is 0.376 e. The molecule has 0 radical (unpaired) electrons. The molecule has 1 aromatic heterocycles. The minimum Gasteiger partial charge on any atom is -0.376 e. The molecule has 152 valence electrons. The van der Waals surface area contributed by atoms with Crippen LogP contribution in [-0.4, -0.2) is 40.7 Å². The molecule has 0 atom stereocenters. The van der Waals surface area contributed by atoms with Crippen LogP contribution in [0.2, 0.25) is 5.02 Å². The Morgan fingerprint density at radius 2 is 1.79 bits per heavy atom. The fraction of sp³-hybridized carbons (Fsp3) is 0.409. The lowest BCUT2D eigenvalue weighted by atomic mass is 10.1. The second kappa shape index (κ2) is 10.7. The molecule has 0 unspecified atom stereocenters. The third kappa shape index (κ3) is 6.16. The lowest BCUT2D eigenvalue weighted by Crippen LogP contribution is -2.28. The van der Waals surface area contributed by atoms with Gasteiger partial charge in [0.15, 0.2) is 0 Å². The summed E-state index contributed by atoms with van der Waals surface area (Å²) in [5.74, 6) is 0.254. The maximum Gasteiger partial charge on any atom is 0.115 e. The van der Waals surface area contributed by atoms with E-state index < -0.39 is 0 Å². The van der Waals surface area contributed by atoms with Crippen LogP contribution >= 0.6 is 23.4 Å². The lowest BCUT2D eigenvalue weighted by Gasteiger charge is -2.32. The maximum absolute atomic E-state index is 9.80. The second-order valence-corrected chi connectivity index (χ2v) is 8.65. The van der Waals surface area contributed by atoms with Crippen molar-refractivity contribution in [3.63, 3.8) is 0 Å². The molecule has 1 heterocycles. The molecule has 0 saturated carbocycles. The van der Waals surface area contributed by atoms with Crippen LogP contribution in [0.5, 0.6) is 0 Å². The number of aliphatic hydroxyl groups excluding tert-OH is 1. The molecule has 0 amide bonds. The van der Waals surface area contributed by atoms with E-state index in [2.05, 4.69) is 43.8 Å². The summed E-state index contributed by atoms with van der Waals surface area (Å²) in [6, 6.07) is 10.3. The molecule has 0 fully saturated rings. The smallest absolute Gasteiger partial charge is 0.115 e. The predicted octanol–water partition coefficient (Wildman–Crippen LogP) is 5.23. The number of aromatic nitrogens is 1. The molecular weight excluding hydrogens is 390 g/mol. The molecule has 28 heavy (non-hydrogen) atoms. The number of pyridine rings is 1. The van der Waals surface area contributed by atoms with Crippen molar-refractivity contribution in [3.8, 4) is 0 Å². The SMILES string of the molecule is CCc1cc(Cl)cc(S/C(=C(\C(C)C)N(C)CO)N(C)Cc2ccncc2)c1. The van der Waals surface area contributed by atoms with Crippen molar-refractivity contribution in [1.82, 2.24) is 14.8 Å². The minimum atomic E-state index is -0.0313. The summed E-state index contributed by atoms with van der Waals surface area (Å²) in [4.78, 5) is 9.34. The Kier molecular flexibility index (Phi) is 8.67. The highest BCUT2D eigenvalue weighted by atomic mass is 35.5. The summed E-state index contributed by atoms with van der Waals surface area (Å²) in [6.45, 7) is 7.15. The van der Waals surface area contributed by atoms with Gasteiger partial charge in [0.1, 0.15) is 6.73 Å². The van der Waals surface area contributed by atoms with Crippen LogP contribution in [0.25, 0.3) is 0 Å². The van der Waals surface area contributed by atoms with Crippen LogP contribution in [0.4, 0.5) is 0 Å². The van der Waals surface area contributed by atoms with Crippen LogP contribution in [0.3, 0.4) is 0 Å². The first-order chi connectivity index (χ1) is 13.3. The van der Waals surface area contributed by atoms with Crippen molar-refractivity contribution in [2.45, 2.75) is 38.6 Å². The van der Waals surface area contributed by atoms with Gasteiger partial charge in [-0.05, 0) is 53.8 Å². The molecule has 0 bridgehead atoms. The normalized spacial score (nSPS) is 12.1. The van der Waals surface area contributed by atoms with Crippen molar-refractivity contribution < 1.29 is 5.11 Å². The van der Waals surface area contributed by atoms with Crippen LogP contribution < -0.4 is 0 Å². The highest BCUT2D eigenvalue weighted by molar-refractivity contribution is 8.03. The number of halogens is 1. The Hall–Kier alpha value is -1.69. The van der Waals surface area contributed by atoms with E-state index in [0.717, 1.165) is 33.6 Å². The predicted molar refractivity (Wildman–Crippen MR) is 119 cm³/mol. The number of allylic oxidation sites excluding steroid dienone is 1. The topological polar surface area (TPSA) is 39.6 Å². The van der Waals surface area contributed by atoms with Gasteiger partial charge in [-0.25, -0.2) is 0 Å². The maximum atomic E-state index is 9.80. The van der Waals surface area contributed by atoms with E-state index in [1.807, 2.05) is 48.6 Å². The van der Waals surface area contributed by atoms with Gasteiger partial charge in [-0.3, -0.25) is 4.98 Å². The first-order valence-electron chi connectivity index (χ1n) is 9.49. The first kappa shape index (κ1) is 22.6. The Morgan fingerprint density at radius 1 is 1.11 bits per heavy atom.